The van der Waals surface area contributed by atoms with Gasteiger partial charge in [-0.15, -0.1) is 0 Å². The number of hydrogen-bond acceptors (Lipinski definition) is 4. The molecular formula is C30H30F3NO5S. The van der Waals surface area contributed by atoms with Crippen LogP contribution >= 0.6 is 0 Å². The molecule has 2 aliphatic rings. The van der Waals surface area contributed by atoms with Crippen LogP contribution in [0.25, 0.3) is 11.1 Å². The lowest BCUT2D eigenvalue weighted by molar-refractivity contribution is -0.139. The number of nitrogens with zero attached hydrogens (tertiary/aromatic N) is 1. The molecule has 6 nitrogen and oxygen atoms in total. The van der Waals surface area contributed by atoms with Crippen LogP contribution in [0.15, 0.2) is 65.6 Å². The van der Waals surface area contributed by atoms with Crippen molar-refractivity contribution in [2.45, 2.75) is 62.1 Å². The Bertz CT molecular complexity index is 1530. The average molecular weight is 574 g/mol. The number of aryl methyl sites for hydroxylation is 1. The van der Waals surface area contributed by atoms with Crippen molar-refractivity contribution >= 4 is 16.0 Å². The highest BCUT2D eigenvalue weighted by Gasteiger charge is 2.44. The second-order valence-corrected chi connectivity index (χ2v) is 12.6. The number of fused-ring (bicyclic) bond motifs is 2. The highest BCUT2D eigenvalue weighted by molar-refractivity contribution is 7.89. The third-order valence-electron chi connectivity index (χ3n) is 7.99. The van der Waals surface area contributed by atoms with Gasteiger partial charge < -0.3 is 9.84 Å². The molecule has 1 aliphatic carbocycles. The van der Waals surface area contributed by atoms with Crippen LogP contribution in [0, 0.1) is 6.92 Å². The van der Waals surface area contributed by atoms with E-state index in [0.717, 1.165) is 60.9 Å². The molecule has 0 bridgehead atoms. The molecule has 0 amide bonds. The number of carbonyl (C=O) groups is 1. The van der Waals surface area contributed by atoms with E-state index in [4.69, 9.17) is 9.84 Å². The summed E-state index contributed by atoms with van der Waals surface area (Å²) in [4.78, 5) is 11.0. The van der Waals surface area contributed by atoms with Gasteiger partial charge in [0.1, 0.15) is 5.75 Å². The summed E-state index contributed by atoms with van der Waals surface area (Å²) in [6, 6.07) is 15.3. The number of aliphatic carboxylic acids is 1. The Kier molecular flexibility index (Phi) is 7.43. The lowest BCUT2D eigenvalue weighted by Crippen LogP contribution is -2.49. The number of alkyl halides is 3. The standard InChI is InChI=1S/C30H30F3NO5S/c1-20-15-25(39-18-28(35)36)10-12-27(20)40(37,38)34-17-23-16-22(21-5-8-24(9-6-21)30(31,32)33)7-11-26(23)29(19-34)13-3-2-4-14-29/h5-12,15-16H,2-4,13-14,17-19H2,1H3,(H,35,36). The Morgan fingerprint density at radius 1 is 0.975 bits per heavy atom. The third kappa shape index (κ3) is 5.47. The number of carboxylic acid groups (broad SMARTS) is 1. The number of rotatable bonds is 6. The zero-order valence-corrected chi connectivity index (χ0v) is 22.8. The topological polar surface area (TPSA) is 83.9 Å². The van der Waals surface area contributed by atoms with Crippen molar-refractivity contribution in [3.05, 3.63) is 82.9 Å². The number of halogens is 3. The highest BCUT2D eigenvalue weighted by atomic mass is 32.2. The van der Waals surface area contributed by atoms with Gasteiger partial charge in [-0.05, 0) is 84.0 Å². The van der Waals surface area contributed by atoms with Crippen LogP contribution in [-0.4, -0.2) is 37.0 Å². The SMILES string of the molecule is Cc1cc(OCC(=O)O)ccc1S(=O)(=O)N1Cc2cc(-c3ccc(C(F)(F)F)cc3)ccc2C2(CCCCC2)C1. The molecule has 0 unspecified atom stereocenters. The summed E-state index contributed by atoms with van der Waals surface area (Å²) in [5, 5.41) is 8.86. The van der Waals surface area contributed by atoms with Gasteiger partial charge >= 0.3 is 12.1 Å². The second-order valence-electron chi connectivity index (χ2n) is 10.7. The molecule has 40 heavy (non-hydrogen) atoms. The van der Waals surface area contributed by atoms with Crippen LogP contribution in [0.1, 0.15) is 54.4 Å². The van der Waals surface area contributed by atoms with Crippen LogP contribution in [0.4, 0.5) is 13.2 Å². The first-order valence-corrected chi connectivity index (χ1v) is 14.6. The fourth-order valence-corrected chi connectivity index (χ4v) is 7.76. The molecule has 212 valence electrons. The number of benzene rings is 3. The van der Waals surface area contributed by atoms with E-state index in [-0.39, 0.29) is 22.6 Å². The lowest BCUT2D eigenvalue weighted by atomic mass is 9.66. The van der Waals surface area contributed by atoms with E-state index in [1.807, 2.05) is 18.2 Å². The molecule has 0 saturated heterocycles. The Morgan fingerprint density at radius 2 is 1.65 bits per heavy atom. The van der Waals surface area contributed by atoms with Gasteiger partial charge in [0.2, 0.25) is 10.0 Å². The Balaban J connectivity index is 1.51. The summed E-state index contributed by atoms with van der Waals surface area (Å²) >= 11 is 0. The fraction of sp³-hybridized carbons (Fsp3) is 0.367. The number of sulfonamides is 1. The first kappa shape index (κ1) is 28.2. The van der Waals surface area contributed by atoms with Crippen molar-refractivity contribution in [2.24, 2.45) is 0 Å². The van der Waals surface area contributed by atoms with Crippen molar-refractivity contribution in [3.8, 4) is 16.9 Å². The molecule has 0 aromatic heterocycles. The summed E-state index contributed by atoms with van der Waals surface area (Å²) in [7, 11) is -3.92. The van der Waals surface area contributed by atoms with Gasteiger partial charge in [0.25, 0.3) is 0 Å². The highest BCUT2D eigenvalue weighted by Crippen LogP contribution is 2.47. The predicted octanol–water partition coefficient (Wildman–Crippen LogP) is 6.55. The van der Waals surface area contributed by atoms with E-state index < -0.39 is 34.3 Å². The minimum atomic E-state index is -4.42. The average Bonchev–Trinajstić information content (AvgIpc) is 2.91. The summed E-state index contributed by atoms with van der Waals surface area (Å²) in [6.45, 7) is 1.61. The number of carboxylic acids is 1. The van der Waals surface area contributed by atoms with Crippen molar-refractivity contribution in [2.75, 3.05) is 13.2 Å². The van der Waals surface area contributed by atoms with Gasteiger partial charge in [-0.25, -0.2) is 13.2 Å². The van der Waals surface area contributed by atoms with Gasteiger partial charge in [-0.1, -0.05) is 43.5 Å². The van der Waals surface area contributed by atoms with Gasteiger partial charge in [-0.3, -0.25) is 0 Å². The Labute approximate surface area is 231 Å². The minimum Gasteiger partial charge on any atom is -0.482 e. The maximum Gasteiger partial charge on any atom is 0.416 e. The minimum absolute atomic E-state index is 0.128. The lowest BCUT2D eigenvalue weighted by Gasteiger charge is -2.46. The van der Waals surface area contributed by atoms with E-state index in [1.165, 1.54) is 34.6 Å². The molecule has 0 atom stereocenters. The van der Waals surface area contributed by atoms with Crippen molar-refractivity contribution in [1.82, 2.24) is 4.31 Å². The smallest absolute Gasteiger partial charge is 0.416 e. The molecule has 1 spiro atoms. The predicted molar refractivity (Wildman–Crippen MR) is 144 cm³/mol. The van der Waals surface area contributed by atoms with Crippen LogP contribution in [0.3, 0.4) is 0 Å². The van der Waals surface area contributed by atoms with E-state index in [9.17, 15) is 26.4 Å². The first-order valence-electron chi connectivity index (χ1n) is 13.2. The number of ether oxygens (including phenoxy) is 1. The molecule has 10 heteroatoms. The van der Waals surface area contributed by atoms with Gasteiger partial charge in [0.15, 0.2) is 6.61 Å². The molecule has 5 rings (SSSR count). The maximum atomic E-state index is 14.0. The largest absolute Gasteiger partial charge is 0.482 e. The summed E-state index contributed by atoms with van der Waals surface area (Å²) < 4.78 is 73.9. The van der Waals surface area contributed by atoms with Crippen molar-refractivity contribution < 1.29 is 36.2 Å². The van der Waals surface area contributed by atoms with Gasteiger partial charge in [0, 0.05) is 18.5 Å². The molecule has 3 aromatic carbocycles. The van der Waals surface area contributed by atoms with E-state index >= 15 is 0 Å². The maximum absolute atomic E-state index is 14.0. The van der Waals surface area contributed by atoms with E-state index in [2.05, 4.69) is 0 Å². The zero-order valence-electron chi connectivity index (χ0n) is 22.0. The van der Waals surface area contributed by atoms with Crippen LogP contribution in [0.5, 0.6) is 5.75 Å². The number of hydrogen-bond donors (Lipinski definition) is 1. The molecule has 1 N–H and O–H groups in total. The Hall–Kier alpha value is -3.37. The molecule has 1 heterocycles. The third-order valence-corrected chi connectivity index (χ3v) is 9.94. The van der Waals surface area contributed by atoms with E-state index in [0.29, 0.717) is 17.7 Å². The molecule has 1 aliphatic heterocycles. The van der Waals surface area contributed by atoms with Crippen LogP contribution in [-0.2, 0) is 33.0 Å². The first-order chi connectivity index (χ1) is 18.9. The quantitative estimate of drug-likeness (QED) is 0.362. The molecule has 1 fully saturated rings. The summed E-state index contributed by atoms with van der Waals surface area (Å²) in [5.74, 6) is -0.859. The van der Waals surface area contributed by atoms with Gasteiger partial charge in [-0.2, -0.15) is 17.5 Å². The molecular weight excluding hydrogens is 543 g/mol. The van der Waals surface area contributed by atoms with Crippen LogP contribution in [0.2, 0.25) is 0 Å². The second kappa shape index (κ2) is 10.6. The zero-order chi connectivity index (χ0) is 28.7. The van der Waals surface area contributed by atoms with Crippen molar-refractivity contribution in [1.29, 1.82) is 0 Å². The van der Waals surface area contributed by atoms with Crippen molar-refractivity contribution in [3.63, 3.8) is 0 Å². The normalized spacial score (nSPS) is 17.4. The molecule has 1 saturated carbocycles. The fourth-order valence-electron chi connectivity index (χ4n) is 6.05. The monoisotopic (exact) mass is 573 g/mol. The summed E-state index contributed by atoms with van der Waals surface area (Å²) in [5.41, 5.74) is 2.72. The molecule has 0 radical (unpaired) electrons. The Morgan fingerprint density at radius 3 is 2.27 bits per heavy atom. The van der Waals surface area contributed by atoms with Crippen LogP contribution < -0.4 is 4.74 Å². The summed E-state index contributed by atoms with van der Waals surface area (Å²) in [6.07, 6.45) is 0.351. The molecule has 3 aromatic rings. The van der Waals surface area contributed by atoms with Gasteiger partial charge in [0.05, 0.1) is 10.5 Å². The van der Waals surface area contributed by atoms with E-state index in [1.54, 1.807) is 6.92 Å².